The Morgan fingerprint density at radius 3 is 2.28 bits per heavy atom. The highest BCUT2D eigenvalue weighted by molar-refractivity contribution is 6.22. The van der Waals surface area contributed by atoms with Crippen molar-refractivity contribution >= 4 is 29.1 Å². The van der Waals surface area contributed by atoms with Crippen LogP contribution < -0.4 is 15.1 Å². The minimum Gasteiger partial charge on any atom is -0.339 e. The van der Waals surface area contributed by atoms with Crippen molar-refractivity contribution in [3.05, 3.63) is 60.2 Å². The molecule has 1 unspecified atom stereocenters. The first kappa shape index (κ1) is 20.7. The number of aryl methyl sites for hydroxylation is 1. The van der Waals surface area contributed by atoms with Crippen LogP contribution in [-0.2, 0) is 20.8 Å². The summed E-state index contributed by atoms with van der Waals surface area (Å²) in [7, 11) is 0. The van der Waals surface area contributed by atoms with Gasteiger partial charge in [0, 0.05) is 18.8 Å². The van der Waals surface area contributed by atoms with Crippen LogP contribution in [-0.4, -0.2) is 54.0 Å². The van der Waals surface area contributed by atoms with Gasteiger partial charge in [-0.1, -0.05) is 37.3 Å². The number of rotatable bonds is 4. The molecular formula is C25H28N4O3. The van der Waals surface area contributed by atoms with E-state index in [1.165, 1.54) is 10.5 Å². The third-order valence-electron chi connectivity index (χ3n) is 7.20. The Labute approximate surface area is 188 Å². The minimum absolute atomic E-state index is 0.0486. The van der Waals surface area contributed by atoms with Crippen LogP contribution in [0.15, 0.2) is 54.6 Å². The highest BCUT2D eigenvalue weighted by atomic mass is 16.2. The second-order valence-corrected chi connectivity index (χ2v) is 8.80. The van der Waals surface area contributed by atoms with E-state index in [4.69, 9.17) is 0 Å². The van der Waals surface area contributed by atoms with E-state index < -0.39 is 11.6 Å². The molecule has 0 bridgehead atoms. The summed E-state index contributed by atoms with van der Waals surface area (Å²) in [5.74, 6) is -0.271. The molecule has 3 saturated heterocycles. The molecule has 3 amide bonds. The molecule has 7 nitrogen and oxygen atoms in total. The maximum absolute atomic E-state index is 13.2. The monoisotopic (exact) mass is 432 g/mol. The Morgan fingerprint density at radius 2 is 1.62 bits per heavy atom. The van der Waals surface area contributed by atoms with E-state index in [-0.39, 0.29) is 24.1 Å². The Bertz CT molecular complexity index is 1030. The summed E-state index contributed by atoms with van der Waals surface area (Å²) in [4.78, 5) is 44.4. The number of carbonyl (C=O) groups excluding carboxylic acids is 3. The number of benzene rings is 2. The molecule has 5 rings (SSSR count). The van der Waals surface area contributed by atoms with Gasteiger partial charge in [-0.15, -0.1) is 0 Å². The number of piperidine rings is 1. The molecule has 0 radical (unpaired) electrons. The number of anilines is 2. The fourth-order valence-electron chi connectivity index (χ4n) is 5.29. The van der Waals surface area contributed by atoms with Crippen LogP contribution in [0.4, 0.5) is 11.4 Å². The molecule has 166 valence electrons. The molecule has 0 saturated carbocycles. The third kappa shape index (κ3) is 3.28. The van der Waals surface area contributed by atoms with Crippen LogP contribution in [0.25, 0.3) is 0 Å². The summed E-state index contributed by atoms with van der Waals surface area (Å²) in [6.07, 6.45) is 2.34. The lowest BCUT2D eigenvalue weighted by molar-refractivity contribution is -0.126. The average Bonchev–Trinajstić information content (AvgIpc) is 3.30. The highest BCUT2D eigenvalue weighted by Crippen LogP contribution is 2.38. The van der Waals surface area contributed by atoms with Gasteiger partial charge < -0.3 is 10.2 Å². The number of para-hydroxylation sites is 1. The molecule has 7 heteroatoms. The van der Waals surface area contributed by atoms with Gasteiger partial charge in [0.2, 0.25) is 11.8 Å². The fraction of sp³-hybridized carbons (Fsp3) is 0.400. The molecule has 2 aromatic carbocycles. The summed E-state index contributed by atoms with van der Waals surface area (Å²) >= 11 is 0. The maximum Gasteiger partial charge on any atom is 0.251 e. The van der Waals surface area contributed by atoms with E-state index in [0.29, 0.717) is 38.3 Å². The van der Waals surface area contributed by atoms with Crippen molar-refractivity contribution in [2.75, 3.05) is 29.6 Å². The van der Waals surface area contributed by atoms with Gasteiger partial charge in [0.15, 0.2) is 0 Å². The van der Waals surface area contributed by atoms with Crippen molar-refractivity contribution in [2.24, 2.45) is 0 Å². The van der Waals surface area contributed by atoms with Gasteiger partial charge in [0.05, 0.1) is 24.8 Å². The average molecular weight is 433 g/mol. The molecule has 1 spiro atoms. The van der Waals surface area contributed by atoms with Crippen molar-refractivity contribution in [1.82, 2.24) is 10.2 Å². The van der Waals surface area contributed by atoms with Gasteiger partial charge >= 0.3 is 0 Å². The Balaban J connectivity index is 1.31. The highest BCUT2D eigenvalue weighted by Gasteiger charge is 2.52. The molecule has 0 aliphatic carbocycles. The lowest BCUT2D eigenvalue weighted by atomic mass is 9.85. The Hall–Kier alpha value is -3.19. The predicted molar refractivity (Wildman–Crippen MR) is 122 cm³/mol. The van der Waals surface area contributed by atoms with E-state index in [2.05, 4.69) is 22.0 Å². The van der Waals surface area contributed by atoms with Crippen molar-refractivity contribution in [3.63, 3.8) is 0 Å². The molecule has 3 aliphatic rings. The Kier molecular flexibility index (Phi) is 5.21. The number of amides is 3. The predicted octanol–water partition coefficient (Wildman–Crippen LogP) is 2.31. The molecule has 3 fully saturated rings. The van der Waals surface area contributed by atoms with Crippen LogP contribution in [0.2, 0.25) is 0 Å². The zero-order chi connectivity index (χ0) is 22.3. The molecule has 1 atom stereocenters. The van der Waals surface area contributed by atoms with Crippen LogP contribution in [0.3, 0.4) is 0 Å². The summed E-state index contributed by atoms with van der Waals surface area (Å²) < 4.78 is 0. The number of nitrogens with one attached hydrogen (secondary N) is 1. The molecule has 0 aromatic heterocycles. The van der Waals surface area contributed by atoms with Crippen LogP contribution in [0.5, 0.6) is 0 Å². The molecule has 2 aromatic rings. The van der Waals surface area contributed by atoms with Crippen molar-refractivity contribution in [1.29, 1.82) is 0 Å². The van der Waals surface area contributed by atoms with Gasteiger partial charge in [-0.3, -0.25) is 19.3 Å². The lowest BCUT2D eigenvalue weighted by Gasteiger charge is -2.44. The van der Waals surface area contributed by atoms with Crippen molar-refractivity contribution < 1.29 is 14.4 Å². The van der Waals surface area contributed by atoms with Gasteiger partial charge in [-0.25, -0.2) is 4.90 Å². The molecular weight excluding hydrogens is 404 g/mol. The zero-order valence-corrected chi connectivity index (χ0v) is 18.3. The summed E-state index contributed by atoms with van der Waals surface area (Å²) in [6, 6.07) is 17.1. The number of imide groups is 1. The van der Waals surface area contributed by atoms with Gasteiger partial charge in [-0.05, 0) is 49.1 Å². The number of likely N-dealkylation sites (tertiary alicyclic amines) is 1. The first-order valence-electron chi connectivity index (χ1n) is 11.3. The topological polar surface area (TPSA) is 73.0 Å². The second kappa shape index (κ2) is 8.06. The van der Waals surface area contributed by atoms with Crippen molar-refractivity contribution in [2.45, 2.75) is 44.2 Å². The molecule has 1 N–H and O–H groups in total. The lowest BCUT2D eigenvalue weighted by Crippen LogP contribution is -2.58. The summed E-state index contributed by atoms with van der Waals surface area (Å²) in [5.41, 5.74) is 2.23. The van der Waals surface area contributed by atoms with E-state index >= 15 is 0 Å². The Morgan fingerprint density at radius 1 is 0.938 bits per heavy atom. The van der Waals surface area contributed by atoms with E-state index in [9.17, 15) is 14.4 Å². The number of nitrogens with zero attached hydrogens (tertiary/aromatic N) is 3. The van der Waals surface area contributed by atoms with Gasteiger partial charge in [0.25, 0.3) is 5.91 Å². The number of carbonyl (C=O) groups is 3. The largest absolute Gasteiger partial charge is 0.339 e. The standard InChI is InChI=1S/C25H28N4O3/c1-2-18-8-10-20(11-9-18)29-22(30)16-21(23(29)31)27-14-12-25(13-15-27)24(32)26-17-28(25)19-6-4-3-5-7-19/h3-11,21H,2,12-17H2,1H3,(H,26,32). The van der Waals surface area contributed by atoms with E-state index in [1.54, 1.807) is 0 Å². The van der Waals surface area contributed by atoms with Gasteiger partial charge in [0.1, 0.15) is 5.54 Å². The first-order chi connectivity index (χ1) is 15.5. The van der Waals surface area contributed by atoms with Gasteiger partial charge in [-0.2, -0.15) is 0 Å². The number of hydrogen-bond acceptors (Lipinski definition) is 5. The smallest absolute Gasteiger partial charge is 0.251 e. The first-order valence-corrected chi connectivity index (χ1v) is 11.3. The quantitative estimate of drug-likeness (QED) is 0.751. The molecule has 3 heterocycles. The van der Waals surface area contributed by atoms with E-state index in [1.807, 2.05) is 54.6 Å². The molecule has 32 heavy (non-hydrogen) atoms. The van der Waals surface area contributed by atoms with Crippen molar-refractivity contribution in [3.8, 4) is 0 Å². The van der Waals surface area contributed by atoms with Crippen LogP contribution in [0.1, 0.15) is 31.7 Å². The minimum atomic E-state index is -0.598. The fourth-order valence-corrected chi connectivity index (χ4v) is 5.29. The second-order valence-electron chi connectivity index (χ2n) is 8.80. The third-order valence-corrected chi connectivity index (χ3v) is 7.20. The summed E-state index contributed by atoms with van der Waals surface area (Å²) in [6.45, 7) is 3.77. The zero-order valence-electron chi connectivity index (χ0n) is 18.3. The van der Waals surface area contributed by atoms with Crippen LogP contribution >= 0.6 is 0 Å². The number of hydrogen-bond donors (Lipinski definition) is 1. The SMILES string of the molecule is CCc1ccc(N2C(=O)CC(N3CCC4(CC3)C(=O)NCN4c3ccccc3)C2=O)cc1. The molecule has 3 aliphatic heterocycles. The van der Waals surface area contributed by atoms with Crippen LogP contribution in [0, 0.1) is 0 Å². The summed E-state index contributed by atoms with van der Waals surface area (Å²) in [5, 5.41) is 3.01. The normalized spacial score (nSPS) is 23.3. The van der Waals surface area contributed by atoms with E-state index in [0.717, 1.165) is 12.1 Å². The maximum atomic E-state index is 13.2.